The van der Waals surface area contributed by atoms with Gasteiger partial charge in [0.2, 0.25) is 5.91 Å². The monoisotopic (exact) mass is 385 g/mol. The molecule has 2 aromatic heterocycles. The summed E-state index contributed by atoms with van der Waals surface area (Å²) in [5, 5.41) is 2.67. The van der Waals surface area contributed by atoms with Gasteiger partial charge in [0.25, 0.3) is 0 Å². The molecule has 4 aromatic rings. The second-order valence-electron chi connectivity index (χ2n) is 6.98. The minimum atomic E-state index is -0.398. The number of nitrogens with zero attached hydrogens (tertiary/aromatic N) is 2. The average molecular weight is 385 g/mol. The quantitative estimate of drug-likeness (QED) is 0.478. The minimum absolute atomic E-state index is 0.340. The highest BCUT2D eigenvalue weighted by Crippen LogP contribution is 2.26. The first-order valence-electron chi connectivity index (χ1n) is 9.30. The lowest BCUT2D eigenvalue weighted by molar-refractivity contribution is -0.111. The molecule has 0 atom stereocenters. The number of aromatic nitrogens is 2. The summed E-state index contributed by atoms with van der Waals surface area (Å²) in [5.74, 6) is -0.738. The molecule has 4 nitrogen and oxygen atoms in total. The number of fused-ring (bicyclic) bond motifs is 1. The zero-order chi connectivity index (χ0) is 20.4. The maximum atomic E-state index is 13.3. The van der Waals surface area contributed by atoms with E-state index in [-0.39, 0.29) is 5.91 Å². The minimum Gasteiger partial charge on any atom is -0.322 e. The molecule has 4 rings (SSSR count). The molecule has 0 aliphatic heterocycles. The van der Waals surface area contributed by atoms with E-state index in [1.807, 2.05) is 60.8 Å². The van der Waals surface area contributed by atoms with Gasteiger partial charge >= 0.3 is 0 Å². The van der Waals surface area contributed by atoms with Gasteiger partial charge in [0.1, 0.15) is 11.5 Å². The molecule has 0 aliphatic rings. The predicted molar refractivity (Wildman–Crippen MR) is 114 cm³/mol. The molecule has 2 aromatic carbocycles. The molecule has 29 heavy (non-hydrogen) atoms. The fourth-order valence-corrected chi connectivity index (χ4v) is 3.15. The number of aryl methyl sites for hydroxylation is 2. The fraction of sp³-hybridized carbons (Fsp3) is 0.0833. The Hall–Kier alpha value is -3.73. The number of carbonyl (C=O) groups is 1. The SMILES string of the molecule is Cc1ccc(-c2nc3cc(C)ccn3c2/C=C/C(=O)Nc2cccc(F)c2)cc1. The van der Waals surface area contributed by atoms with Crippen molar-refractivity contribution in [3.8, 4) is 11.3 Å². The number of benzene rings is 2. The van der Waals surface area contributed by atoms with E-state index in [0.717, 1.165) is 28.2 Å². The standard InChI is InChI=1S/C24H20FN3O/c1-16-6-8-18(9-7-16)24-21(28-13-12-17(2)14-22(28)27-24)10-11-23(29)26-20-5-3-4-19(25)15-20/h3-15H,1-2H3,(H,26,29)/b11-10+. The van der Waals surface area contributed by atoms with Crippen molar-refractivity contribution in [1.29, 1.82) is 0 Å². The second-order valence-corrected chi connectivity index (χ2v) is 6.98. The largest absolute Gasteiger partial charge is 0.322 e. The van der Waals surface area contributed by atoms with Gasteiger partial charge in [0, 0.05) is 23.5 Å². The Morgan fingerprint density at radius 3 is 2.59 bits per heavy atom. The Kier molecular flexibility index (Phi) is 4.96. The van der Waals surface area contributed by atoms with Crippen LogP contribution in [-0.2, 0) is 4.79 Å². The fourth-order valence-electron chi connectivity index (χ4n) is 3.15. The van der Waals surface area contributed by atoms with Crippen LogP contribution >= 0.6 is 0 Å². The lowest BCUT2D eigenvalue weighted by Gasteiger charge is -2.03. The number of rotatable bonds is 4. The third-order valence-electron chi connectivity index (χ3n) is 4.63. The Morgan fingerprint density at radius 2 is 1.83 bits per heavy atom. The van der Waals surface area contributed by atoms with Gasteiger partial charge in [-0.1, -0.05) is 35.9 Å². The van der Waals surface area contributed by atoms with Crippen molar-refractivity contribution in [2.24, 2.45) is 0 Å². The highest BCUT2D eigenvalue weighted by Gasteiger charge is 2.12. The van der Waals surface area contributed by atoms with Gasteiger partial charge in [-0.25, -0.2) is 9.37 Å². The van der Waals surface area contributed by atoms with E-state index in [1.54, 1.807) is 18.2 Å². The van der Waals surface area contributed by atoms with Crippen LogP contribution < -0.4 is 5.32 Å². The van der Waals surface area contributed by atoms with Crippen LogP contribution in [0.4, 0.5) is 10.1 Å². The highest BCUT2D eigenvalue weighted by atomic mass is 19.1. The normalized spacial score (nSPS) is 11.3. The smallest absolute Gasteiger partial charge is 0.248 e. The highest BCUT2D eigenvalue weighted by molar-refractivity contribution is 6.02. The third-order valence-corrected chi connectivity index (χ3v) is 4.63. The van der Waals surface area contributed by atoms with E-state index in [9.17, 15) is 9.18 Å². The molecule has 144 valence electrons. The first-order valence-corrected chi connectivity index (χ1v) is 9.30. The van der Waals surface area contributed by atoms with E-state index in [4.69, 9.17) is 4.98 Å². The number of anilines is 1. The lowest BCUT2D eigenvalue weighted by Crippen LogP contribution is -2.07. The van der Waals surface area contributed by atoms with Crippen LogP contribution in [0.5, 0.6) is 0 Å². The van der Waals surface area contributed by atoms with E-state index in [0.29, 0.717) is 5.69 Å². The van der Waals surface area contributed by atoms with E-state index < -0.39 is 5.82 Å². The van der Waals surface area contributed by atoms with Crippen LogP contribution in [-0.4, -0.2) is 15.3 Å². The molecule has 1 N–H and O–H groups in total. The number of imidazole rings is 1. The van der Waals surface area contributed by atoms with Crippen molar-refractivity contribution in [1.82, 2.24) is 9.38 Å². The number of hydrogen-bond acceptors (Lipinski definition) is 2. The summed E-state index contributed by atoms with van der Waals surface area (Å²) < 4.78 is 15.3. The molecular weight excluding hydrogens is 365 g/mol. The average Bonchev–Trinajstić information content (AvgIpc) is 3.04. The molecule has 0 bridgehead atoms. The first-order chi connectivity index (χ1) is 14.0. The van der Waals surface area contributed by atoms with Crippen molar-refractivity contribution < 1.29 is 9.18 Å². The van der Waals surface area contributed by atoms with Crippen LogP contribution in [0.25, 0.3) is 23.0 Å². The number of halogens is 1. The Morgan fingerprint density at radius 1 is 1.03 bits per heavy atom. The zero-order valence-electron chi connectivity index (χ0n) is 16.2. The van der Waals surface area contributed by atoms with Crippen molar-refractivity contribution in [2.75, 3.05) is 5.32 Å². The number of carbonyl (C=O) groups excluding carboxylic acids is 1. The molecule has 0 unspecified atom stereocenters. The van der Waals surface area contributed by atoms with Crippen molar-refractivity contribution in [3.63, 3.8) is 0 Å². The molecule has 0 saturated heterocycles. The van der Waals surface area contributed by atoms with E-state index in [1.165, 1.54) is 23.8 Å². The summed E-state index contributed by atoms with van der Waals surface area (Å²) >= 11 is 0. The maximum Gasteiger partial charge on any atom is 0.248 e. The van der Waals surface area contributed by atoms with Crippen molar-refractivity contribution in [2.45, 2.75) is 13.8 Å². The predicted octanol–water partition coefficient (Wildman–Crippen LogP) is 5.41. The Balaban J connectivity index is 1.71. The first kappa shape index (κ1) is 18.6. The molecule has 0 saturated carbocycles. The summed E-state index contributed by atoms with van der Waals surface area (Å²) in [6.07, 6.45) is 5.12. The number of amides is 1. The molecule has 1 amide bonds. The molecule has 0 radical (unpaired) electrons. The van der Waals surface area contributed by atoms with Gasteiger partial charge in [-0.2, -0.15) is 0 Å². The van der Waals surface area contributed by atoms with E-state index >= 15 is 0 Å². The van der Waals surface area contributed by atoms with Gasteiger partial charge in [0.15, 0.2) is 0 Å². The molecule has 0 fully saturated rings. The second kappa shape index (κ2) is 7.72. The zero-order valence-corrected chi connectivity index (χ0v) is 16.2. The van der Waals surface area contributed by atoms with Gasteiger partial charge in [0.05, 0.1) is 11.4 Å². The van der Waals surface area contributed by atoms with Crippen LogP contribution in [0.1, 0.15) is 16.8 Å². The Labute approximate surface area is 168 Å². The van der Waals surface area contributed by atoms with Crippen LogP contribution in [0.3, 0.4) is 0 Å². The number of hydrogen-bond donors (Lipinski definition) is 1. The molecule has 0 aliphatic carbocycles. The van der Waals surface area contributed by atoms with Crippen LogP contribution in [0.15, 0.2) is 72.9 Å². The van der Waals surface area contributed by atoms with Gasteiger partial charge < -0.3 is 5.32 Å². The summed E-state index contributed by atoms with van der Waals surface area (Å²) in [4.78, 5) is 17.1. The van der Waals surface area contributed by atoms with E-state index in [2.05, 4.69) is 5.32 Å². The Bertz CT molecular complexity index is 1220. The maximum absolute atomic E-state index is 13.3. The van der Waals surface area contributed by atoms with Gasteiger partial charge in [-0.3, -0.25) is 9.20 Å². The molecular formula is C24H20FN3O. The van der Waals surface area contributed by atoms with Crippen molar-refractivity contribution in [3.05, 3.63) is 95.6 Å². The summed E-state index contributed by atoms with van der Waals surface area (Å²) in [6.45, 7) is 4.05. The third kappa shape index (κ3) is 4.09. The van der Waals surface area contributed by atoms with Crippen LogP contribution in [0, 0.1) is 19.7 Å². The number of nitrogens with one attached hydrogen (secondary N) is 1. The molecule has 2 heterocycles. The summed E-state index contributed by atoms with van der Waals surface area (Å²) in [6, 6.07) is 17.9. The molecule has 5 heteroatoms. The summed E-state index contributed by atoms with van der Waals surface area (Å²) in [5.41, 5.74) is 6.07. The summed E-state index contributed by atoms with van der Waals surface area (Å²) in [7, 11) is 0. The van der Waals surface area contributed by atoms with Gasteiger partial charge in [-0.15, -0.1) is 0 Å². The topological polar surface area (TPSA) is 46.4 Å². The lowest BCUT2D eigenvalue weighted by atomic mass is 10.1. The number of pyridine rings is 1. The van der Waals surface area contributed by atoms with Crippen molar-refractivity contribution >= 4 is 23.3 Å². The van der Waals surface area contributed by atoms with Crippen LogP contribution in [0.2, 0.25) is 0 Å². The van der Waals surface area contributed by atoms with Gasteiger partial charge in [-0.05, 0) is 55.8 Å². The molecule has 0 spiro atoms.